The fourth-order valence-electron chi connectivity index (χ4n) is 0. The van der Waals surface area contributed by atoms with E-state index in [4.69, 9.17) is 16.7 Å². The van der Waals surface area contributed by atoms with E-state index in [1.54, 1.807) is 22.6 Å². The van der Waals surface area contributed by atoms with Crippen LogP contribution in [0.2, 0.25) is 0 Å². The molecule has 2 nitrogen and oxygen atoms in total. The van der Waals surface area contributed by atoms with Crippen LogP contribution in [0.4, 0.5) is 0 Å². The van der Waals surface area contributed by atoms with Crippen molar-refractivity contribution in [3.8, 4) is 0 Å². The molecule has 1 atom stereocenters. The molecule has 36 valence electrons. The Labute approximate surface area is 53.6 Å². The Morgan fingerprint density at radius 3 is 2.17 bits per heavy atom. The Hall–Kier alpha value is 0.490. The van der Waals surface area contributed by atoms with Crippen LogP contribution in [0.1, 0.15) is 0 Å². The first kappa shape index (κ1) is 6.49. The van der Waals surface area contributed by atoms with Gasteiger partial charge in [0.15, 0.2) is 3.38 Å². The smallest absolute Gasteiger partial charge is 0.331 e. The predicted octanol–water partition coefficient (Wildman–Crippen LogP) is 1.07. The zero-order valence-electron chi connectivity index (χ0n) is 2.69. The molecule has 0 saturated carbocycles. The lowest BCUT2D eigenvalue weighted by molar-refractivity contribution is -0.134. The molecule has 0 saturated heterocycles. The van der Waals surface area contributed by atoms with Gasteiger partial charge in [-0.2, -0.15) is 0 Å². The van der Waals surface area contributed by atoms with Crippen LogP contribution in [0.5, 0.6) is 0 Å². The molecule has 0 amide bonds. The molecule has 0 bridgehead atoms. The van der Waals surface area contributed by atoms with Crippen molar-refractivity contribution in [2.75, 3.05) is 0 Å². The summed E-state index contributed by atoms with van der Waals surface area (Å²) in [6.07, 6.45) is 0. The number of aliphatic carboxylic acids is 1. The number of carboxylic acid groups (broad SMARTS) is 1. The van der Waals surface area contributed by atoms with Gasteiger partial charge in [0.05, 0.1) is 0 Å². The van der Waals surface area contributed by atoms with Gasteiger partial charge in [0, 0.05) is 0 Å². The summed E-state index contributed by atoms with van der Waals surface area (Å²) in [6.45, 7) is 0. The van der Waals surface area contributed by atoms with Gasteiger partial charge >= 0.3 is 5.97 Å². The molecule has 0 unspecified atom stereocenters. The third-order valence-electron chi connectivity index (χ3n) is 0.187. The lowest BCUT2D eigenvalue weighted by Gasteiger charge is -1.84. The van der Waals surface area contributed by atoms with Crippen LogP contribution in [-0.4, -0.2) is 14.5 Å². The Bertz CT molecular complexity index is 62.6. The van der Waals surface area contributed by atoms with E-state index in [0.29, 0.717) is 0 Å². The molecule has 0 rings (SSSR count). The maximum Gasteiger partial charge on any atom is 0.331 e. The average molecular weight is 220 g/mol. The van der Waals surface area contributed by atoms with Crippen molar-refractivity contribution in [2.24, 2.45) is 0 Å². The van der Waals surface area contributed by atoms with Crippen molar-refractivity contribution in [2.45, 2.75) is 3.38 Å². The first-order chi connectivity index (χ1) is 2.64. The Morgan fingerprint density at radius 2 is 2.17 bits per heavy atom. The van der Waals surface area contributed by atoms with Crippen molar-refractivity contribution >= 4 is 40.2 Å². The summed E-state index contributed by atoms with van der Waals surface area (Å²) in [6, 6.07) is 0. The third kappa shape index (κ3) is 2.71. The lowest BCUT2D eigenvalue weighted by Crippen LogP contribution is -2.02. The topological polar surface area (TPSA) is 37.3 Å². The number of carboxylic acids is 1. The molecule has 0 fully saturated rings. The second-order valence-electron chi connectivity index (χ2n) is 0.639. The second kappa shape index (κ2) is 2.63. The Kier molecular flexibility index (Phi) is 2.84. The van der Waals surface area contributed by atoms with Crippen molar-refractivity contribution in [3.63, 3.8) is 0 Å². The number of carbonyl (C=O) groups is 1. The molecule has 0 aromatic heterocycles. The summed E-state index contributed by atoms with van der Waals surface area (Å²) < 4.78 is -0.789. The first-order valence-corrected chi connectivity index (χ1v) is 2.83. The van der Waals surface area contributed by atoms with Crippen molar-refractivity contribution in [1.82, 2.24) is 0 Å². The summed E-state index contributed by atoms with van der Waals surface area (Å²) in [5.74, 6) is -0.989. The summed E-state index contributed by atoms with van der Waals surface area (Å²) in [4.78, 5) is 9.56. The van der Waals surface area contributed by atoms with Gasteiger partial charge in [0.1, 0.15) is 0 Å². The zero-order valence-corrected chi connectivity index (χ0v) is 5.60. The first-order valence-electron chi connectivity index (χ1n) is 1.15. The fourth-order valence-corrected chi connectivity index (χ4v) is 0. The minimum absolute atomic E-state index is 0.789. The molecular formula is C2H2ClIO2. The highest BCUT2D eigenvalue weighted by molar-refractivity contribution is 14.1. The van der Waals surface area contributed by atoms with E-state index in [-0.39, 0.29) is 0 Å². The number of alkyl halides is 2. The van der Waals surface area contributed by atoms with Crippen LogP contribution >= 0.6 is 34.2 Å². The van der Waals surface area contributed by atoms with Gasteiger partial charge in [-0.1, -0.05) is 34.2 Å². The monoisotopic (exact) mass is 220 g/mol. The van der Waals surface area contributed by atoms with Crippen molar-refractivity contribution in [1.29, 1.82) is 0 Å². The van der Waals surface area contributed by atoms with Crippen molar-refractivity contribution < 1.29 is 9.90 Å². The van der Waals surface area contributed by atoms with Crippen LogP contribution < -0.4 is 0 Å². The van der Waals surface area contributed by atoms with E-state index in [1.165, 1.54) is 0 Å². The molecule has 4 heteroatoms. The molecule has 0 spiro atoms. The van der Waals surface area contributed by atoms with Gasteiger partial charge in [0.25, 0.3) is 0 Å². The highest BCUT2D eigenvalue weighted by Crippen LogP contribution is 2.03. The normalized spacial score (nSPS) is 13.7. The predicted molar refractivity (Wildman–Crippen MR) is 31.3 cm³/mol. The van der Waals surface area contributed by atoms with Gasteiger partial charge < -0.3 is 5.11 Å². The average Bonchev–Trinajstić information content (AvgIpc) is 1.36. The van der Waals surface area contributed by atoms with Crippen LogP contribution in [0.25, 0.3) is 0 Å². The summed E-state index contributed by atoms with van der Waals surface area (Å²) in [5, 5.41) is 7.85. The molecular weight excluding hydrogens is 218 g/mol. The van der Waals surface area contributed by atoms with Gasteiger partial charge in [-0.05, 0) is 0 Å². The minimum atomic E-state index is -0.989. The molecule has 0 aliphatic heterocycles. The Morgan fingerprint density at radius 1 is 2.00 bits per heavy atom. The fraction of sp³-hybridized carbons (Fsp3) is 0.500. The number of rotatable bonds is 1. The Balaban J connectivity index is 3.26. The van der Waals surface area contributed by atoms with Gasteiger partial charge in [-0.3, -0.25) is 0 Å². The maximum atomic E-state index is 9.56. The minimum Gasteiger partial charge on any atom is -0.480 e. The highest BCUT2D eigenvalue weighted by atomic mass is 127. The van der Waals surface area contributed by atoms with Gasteiger partial charge in [-0.25, -0.2) is 4.79 Å². The van der Waals surface area contributed by atoms with E-state index < -0.39 is 9.35 Å². The second-order valence-corrected chi connectivity index (χ2v) is 3.06. The zero-order chi connectivity index (χ0) is 5.15. The molecule has 0 heterocycles. The van der Waals surface area contributed by atoms with Crippen LogP contribution in [0.3, 0.4) is 0 Å². The quantitative estimate of drug-likeness (QED) is 0.530. The van der Waals surface area contributed by atoms with Crippen LogP contribution in [0.15, 0.2) is 0 Å². The largest absolute Gasteiger partial charge is 0.480 e. The third-order valence-corrected chi connectivity index (χ3v) is 0.906. The van der Waals surface area contributed by atoms with E-state index in [0.717, 1.165) is 0 Å². The molecule has 0 aliphatic carbocycles. The van der Waals surface area contributed by atoms with Crippen LogP contribution in [-0.2, 0) is 4.79 Å². The lowest BCUT2D eigenvalue weighted by atomic mass is 10.8. The summed E-state index contributed by atoms with van der Waals surface area (Å²) in [5.41, 5.74) is 0. The van der Waals surface area contributed by atoms with E-state index in [1.807, 2.05) is 0 Å². The van der Waals surface area contributed by atoms with E-state index in [2.05, 4.69) is 0 Å². The summed E-state index contributed by atoms with van der Waals surface area (Å²) >= 11 is 6.60. The number of halogens is 2. The van der Waals surface area contributed by atoms with Crippen molar-refractivity contribution in [3.05, 3.63) is 0 Å². The highest BCUT2D eigenvalue weighted by Gasteiger charge is 2.04. The molecule has 0 aromatic carbocycles. The molecule has 0 aromatic rings. The van der Waals surface area contributed by atoms with E-state index >= 15 is 0 Å². The van der Waals surface area contributed by atoms with Crippen LogP contribution in [0, 0.1) is 0 Å². The SMILES string of the molecule is O=C(O)[C@H](Cl)I. The molecule has 6 heavy (non-hydrogen) atoms. The summed E-state index contributed by atoms with van der Waals surface area (Å²) in [7, 11) is 0. The maximum absolute atomic E-state index is 9.56. The molecule has 0 aliphatic rings. The van der Waals surface area contributed by atoms with E-state index in [9.17, 15) is 4.79 Å². The molecule has 1 N–H and O–H groups in total. The van der Waals surface area contributed by atoms with Gasteiger partial charge in [0.2, 0.25) is 0 Å². The molecule has 0 radical (unpaired) electrons. The standard InChI is InChI=1S/C2H2ClIO2/c3-1(4)2(5)6/h1H,(H,5,6)/t1-/m1/s1. The van der Waals surface area contributed by atoms with Gasteiger partial charge in [-0.15, -0.1) is 0 Å². The number of hydrogen-bond donors (Lipinski definition) is 1. The number of hydrogen-bond acceptors (Lipinski definition) is 1.